The van der Waals surface area contributed by atoms with Crippen LogP contribution >= 0.6 is 0 Å². The van der Waals surface area contributed by atoms with Crippen LogP contribution in [0.25, 0.3) is 0 Å². The third-order valence-corrected chi connectivity index (χ3v) is 4.12. The summed E-state index contributed by atoms with van der Waals surface area (Å²) in [5.41, 5.74) is 0.531. The summed E-state index contributed by atoms with van der Waals surface area (Å²) in [4.78, 5) is 12.2. The number of halogens is 1. The molecule has 1 aliphatic heterocycles. The number of fused-ring (bicyclic) bond motifs is 1. The summed E-state index contributed by atoms with van der Waals surface area (Å²) >= 11 is 0. The molecule has 96 valence electrons. The van der Waals surface area contributed by atoms with E-state index >= 15 is 0 Å². The lowest BCUT2D eigenvalue weighted by atomic mass is 9.93. The Kier molecular flexibility index (Phi) is 3.04. The average Bonchev–Trinajstić information content (AvgIpc) is 2.89. The van der Waals surface area contributed by atoms with E-state index in [1.165, 1.54) is 25.0 Å². The molecule has 1 aliphatic carbocycles. The van der Waals surface area contributed by atoms with Crippen LogP contribution in [0, 0.1) is 17.7 Å². The van der Waals surface area contributed by atoms with Crippen LogP contribution in [0.1, 0.15) is 19.3 Å². The maximum Gasteiger partial charge on any atom is 0.241 e. The predicted molar refractivity (Wildman–Crippen MR) is 67.7 cm³/mol. The first-order valence-corrected chi connectivity index (χ1v) is 6.54. The second kappa shape index (κ2) is 4.69. The summed E-state index contributed by atoms with van der Waals surface area (Å²) in [6.45, 7) is 0.936. The number of hydrogen-bond acceptors (Lipinski definition) is 2. The summed E-state index contributed by atoms with van der Waals surface area (Å²) in [7, 11) is 0. The van der Waals surface area contributed by atoms with Gasteiger partial charge < -0.3 is 10.6 Å². The smallest absolute Gasteiger partial charge is 0.241 e. The highest BCUT2D eigenvalue weighted by Crippen LogP contribution is 2.37. The molecule has 1 aromatic carbocycles. The van der Waals surface area contributed by atoms with E-state index in [-0.39, 0.29) is 17.8 Å². The molecule has 3 atom stereocenters. The molecule has 0 radical (unpaired) electrons. The lowest BCUT2D eigenvalue weighted by molar-refractivity contribution is -0.118. The van der Waals surface area contributed by atoms with Crippen LogP contribution in [0.15, 0.2) is 24.3 Å². The highest BCUT2D eigenvalue weighted by molar-refractivity contribution is 5.95. The Morgan fingerprint density at radius 1 is 1.39 bits per heavy atom. The molecule has 3 rings (SSSR count). The van der Waals surface area contributed by atoms with E-state index < -0.39 is 0 Å². The normalized spacial score (nSPS) is 30.2. The highest BCUT2D eigenvalue weighted by Gasteiger charge is 2.42. The van der Waals surface area contributed by atoms with Crippen LogP contribution in [0.2, 0.25) is 0 Å². The maximum atomic E-state index is 13.0. The molecule has 1 saturated carbocycles. The van der Waals surface area contributed by atoms with E-state index in [9.17, 15) is 9.18 Å². The number of rotatable bonds is 2. The number of benzene rings is 1. The number of carbonyl (C=O) groups is 1. The van der Waals surface area contributed by atoms with E-state index in [0.717, 1.165) is 13.0 Å². The highest BCUT2D eigenvalue weighted by atomic mass is 19.1. The lowest BCUT2D eigenvalue weighted by Crippen LogP contribution is -2.39. The SMILES string of the molecule is O=C(Nc1cccc(F)c1)C1NCC2CCCC21. The van der Waals surface area contributed by atoms with E-state index in [0.29, 0.717) is 17.5 Å². The minimum absolute atomic E-state index is 0.0324. The zero-order valence-electron chi connectivity index (χ0n) is 10.2. The zero-order chi connectivity index (χ0) is 12.5. The van der Waals surface area contributed by atoms with Gasteiger partial charge in [0.2, 0.25) is 5.91 Å². The summed E-state index contributed by atoms with van der Waals surface area (Å²) in [5.74, 6) is 0.743. The van der Waals surface area contributed by atoms with Crippen molar-refractivity contribution in [3.05, 3.63) is 30.1 Å². The zero-order valence-corrected chi connectivity index (χ0v) is 10.2. The van der Waals surface area contributed by atoms with Crippen LogP contribution < -0.4 is 10.6 Å². The fraction of sp³-hybridized carbons (Fsp3) is 0.500. The molecule has 3 nitrogen and oxygen atoms in total. The van der Waals surface area contributed by atoms with Crippen molar-refractivity contribution in [1.29, 1.82) is 0 Å². The second-order valence-corrected chi connectivity index (χ2v) is 5.24. The molecular formula is C14H17FN2O. The summed E-state index contributed by atoms with van der Waals surface area (Å²) < 4.78 is 13.0. The molecule has 1 aromatic rings. The van der Waals surface area contributed by atoms with Gasteiger partial charge in [-0.3, -0.25) is 4.79 Å². The first kappa shape index (κ1) is 11.7. The Labute approximate surface area is 106 Å². The molecular weight excluding hydrogens is 231 g/mol. The van der Waals surface area contributed by atoms with Gasteiger partial charge >= 0.3 is 0 Å². The number of carbonyl (C=O) groups excluding carboxylic acids is 1. The van der Waals surface area contributed by atoms with Gasteiger partial charge in [0, 0.05) is 5.69 Å². The molecule has 2 N–H and O–H groups in total. The van der Waals surface area contributed by atoms with Gasteiger partial charge in [-0.05, 0) is 49.4 Å². The van der Waals surface area contributed by atoms with Crippen LogP contribution in [0.5, 0.6) is 0 Å². The molecule has 2 fully saturated rings. The van der Waals surface area contributed by atoms with Crippen molar-refractivity contribution in [2.45, 2.75) is 25.3 Å². The van der Waals surface area contributed by atoms with Gasteiger partial charge in [-0.2, -0.15) is 0 Å². The topological polar surface area (TPSA) is 41.1 Å². The molecule has 1 amide bonds. The van der Waals surface area contributed by atoms with Crippen LogP contribution in [-0.4, -0.2) is 18.5 Å². The summed E-state index contributed by atoms with van der Waals surface area (Å²) in [6, 6.07) is 5.92. The fourth-order valence-corrected chi connectivity index (χ4v) is 3.26. The Bertz CT molecular complexity index is 463. The van der Waals surface area contributed by atoms with Crippen molar-refractivity contribution in [1.82, 2.24) is 5.32 Å². The molecule has 3 unspecified atom stereocenters. The Balaban J connectivity index is 1.68. The molecule has 18 heavy (non-hydrogen) atoms. The average molecular weight is 248 g/mol. The first-order valence-electron chi connectivity index (χ1n) is 6.54. The molecule has 0 spiro atoms. The standard InChI is InChI=1S/C14H17FN2O/c15-10-4-2-5-11(7-10)17-14(18)13-12-6-1-3-9(12)8-16-13/h2,4-5,7,9,12-13,16H,1,3,6,8H2,(H,17,18). The first-order chi connectivity index (χ1) is 8.74. The maximum absolute atomic E-state index is 13.0. The van der Waals surface area contributed by atoms with Crippen molar-refractivity contribution in [3.63, 3.8) is 0 Å². The summed E-state index contributed by atoms with van der Waals surface area (Å²) in [5, 5.41) is 6.08. The van der Waals surface area contributed by atoms with Gasteiger partial charge in [0.05, 0.1) is 6.04 Å². The molecule has 0 aromatic heterocycles. The van der Waals surface area contributed by atoms with E-state index in [4.69, 9.17) is 0 Å². The minimum atomic E-state index is -0.328. The number of amides is 1. The second-order valence-electron chi connectivity index (χ2n) is 5.24. The monoisotopic (exact) mass is 248 g/mol. The Morgan fingerprint density at radius 2 is 2.28 bits per heavy atom. The Morgan fingerprint density at radius 3 is 3.11 bits per heavy atom. The van der Waals surface area contributed by atoms with Gasteiger partial charge in [0.15, 0.2) is 0 Å². The number of nitrogens with one attached hydrogen (secondary N) is 2. The third kappa shape index (κ3) is 2.12. The van der Waals surface area contributed by atoms with Crippen molar-refractivity contribution in [2.24, 2.45) is 11.8 Å². The Hall–Kier alpha value is -1.42. The summed E-state index contributed by atoms with van der Waals surface area (Å²) in [6.07, 6.45) is 3.57. The largest absolute Gasteiger partial charge is 0.325 e. The van der Waals surface area contributed by atoms with Gasteiger partial charge in [-0.1, -0.05) is 12.5 Å². The molecule has 1 heterocycles. The van der Waals surface area contributed by atoms with Gasteiger partial charge in [-0.25, -0.2) is 4.39 Å². The van der Waals surface area contributed by atoms with Crippen LogP contribution in [0.3, 0.4) is 0 Å². The predicted octanol–water partition coefficient (Wildman–Crippen LogP) is 2.15. The van der Waals surface area contributed by atoms with E-state index in [1.54, 1.807) is 12.1 Å². The molecule has 4 heteroatoms. The quantitative estimate of drug-likeness (QED) is 0.842. The van der Waals surface area contributed by atoms with Crippen molar-refractivity contribution >= 4 is 11.6 Å². The van der Waals surface area contributed by atoms with Crippen molar-refractivity contribution in [3.8, 4) is 0 Å². The van der Waals surface area contributed by atoms with Crippen LogP contribution in [0.4, 0.5) is 10.1 Å². The van der Waals surface area contributed by atoms with Crippen molar-refractivity contribution < 1.29 is 9.18 Å². The fourth-order valence-electron chi connectivity index (χ4n) is 3.26. The van der Waals surface area contributed by atoms with E-state index in [1.807, 2.05) is 0 Å². The molecule has 2 aliphatic rings. The lowest BCUT2D eigenvalue weighted by Gasteiger charge is -2.17. The van der Waals surface area contributed by atoms with E-state index in [2.05, 4.69) is 10.6 Å². The van der Waals surface area contributed by atoms with Gasteiger partial charge in [0.25, 0.3) is 0 Å². The minimum Gasteiger partial charge on any atom is -0.325 e. The third-order valence-electron chi connectivity index (χ3n) is 4.12. The van der Waals surface area contributed by atoms with Crippen molar-refractivity contribution in [2.75, 3.05) is 11.9 Å². The number of anilines is 1. The van der Waals surface area contributed by atoms with Gasteiger partial charge in [-0.15, -0.1) is 0 Å². The van der Waals surface area contributed by atoms with Crippen LogP contribution in [-0.2, 0) is 4.79 Å². The molecule has 0 bridgehead atoms. The number of hydrogen-bond donors (Lipinski definition) is 2. The molecule has 1 saturated heterocycles. The van der Waals surface area contributed by atoms with Gasteiger partial charge in [0.1, 0.15) is 5.82 Å².